The summed E-state index contributed by atoms with van der Waals surface area (Å²) in [7, 11) is 0. The van der Waals surface area contributed by atoms with Gasteiger partial charge in [0.1, 0.15) is 17.1 Å². The molecule has 0 spiro atoms. The van der Waals surface area contributed by atoms with Gasteiger partial charge in [-0.1, -0.05) is 18.2 Å². The topological polar surface area (TPSA) is 79.5 Å². The molecule has 3 rings (SSSR count). The van der Waals surface area contributed by atoms with E-state index >= 15 is 0 Å². The second-order valence-corrected chi connectivity index (χ2v) is 4.86. The van der Waals surface area contributed by atoms with Crippen molar-refractivity contribution in [2.24, 2.45) is 5.92 Å². The Hall–Kier alpha value is -2.82. The SMILES string of the molecule is CC(C(=O)O)C(=O)Nc1ccc2oc3ccccc3c2c1. The minimum absolute atomic E-state index is 0.547. The maximum absolute atomic E-state index is 11.8. The van der Waals surface area contributed by atoms with Gasteiger partial charge in [-0.25, -0.2) is 0 Å². The lowest BCUT2D eigenvalue weighted by Crippen LogP contribution is -2.26. The number of rotatable bonds is 3. The van der Waals surface area contributed by atoms with Gasteiger partial charge in [0.2, 0.25) is 5.91 Å². The lowest BCUT2D eigenvalue weighted by Gasteiger charge is -2.08. The molecule has 0 aliphatic carbocycles. The van der Waals surface area contributed by atoms with Gasteiger partial charge in [0.05, 0.1) is 0 Å². The summed E-state index contributed by atoms with van der Waals surface area (Å²) in [6, 6.07) is 12.9. The molecule has 0 radical (unpaired) electrons. The monoisotopic (exact) mass is 283 g/mol. The molecule has 1 atom stereocenters. The van der Waals surface area contributed by atoms with E-state index in [1.54, 1.807) is 18.2 Å². The standard InChI is InChI=1S/C16H13NO4/c1-9(16(19)20)15(18)17-10-6-7-14-12(8-10)11-4-2-3-5-13(11)21-14/h2-9H,1H3,(H,17,18)(H,19,20). The van der Waals surface area contributed by atoms with E-state index in [1.807, 2.05) is 24.3 Å². The fraction of sp³-hybridized carbons (Fsp3) is 0.125. The number of para-hydroxylation sites is 1. The normalized spacial score (nSPS) is 12.4. The van der Waals surface area contributed by atoms with E-state index in [-0.39, 0.29) is 0 Å². The quantitative estimate of drug-likeness (QED) is 0.723. The molecule has 0 saturated carbocycles. The highest BCUT2D eigenvalue weighted by Gasteiger charge is 2.20. The van der Waals surface area contributed by atoms with Gasteiger partial charge in [-0.15, -0.1) is 0 Å². The van der Waals surface area contributed by atoms with E-state index in [0.717, 1.165) is 21.9 Å². The highest BCUT2D eigenvalue weighted by Crippen LogP contribution is 2.30. The number of hydrogen-bond acceptors (Lipinski definition) is 3. The summed E-state index contributed by atoms with van der Waals surface area (Å²) in [5.74, 6) is -2.79. The Morgan fingerprint density at radius 3 is 2.57 bits per heavy atom. The number of amides is 1. The molecular weight excluding hydrogens is 270 g/mol. The Morgan fingerprint density at radius 1 is 1.10 bits per heavy atom. The first-order chi connectivity index (χ1) is 10.1. The summed E-state index contributed by atoms with van der Waals surface area (Å²) in [5.41, 5.74) is 2.04. The molecule has 5 nitrogen and oxygen atoms in total. The molecule has 3 aromatic rings. The lowest BCUT2D eigenvalue weighted by atomic mass is 10.1. The molecule has 21 heavy (non-hydrogen) atoms. The molecule has 0 aliphatic heterocycles. The minimum Gasteiger partial charge on any atom is -0.481 e. The van der Waals surface area contributed by atoms with Gasteiger partial charge >= 0.3 is 5.97 Å². The molecular formula is C16H13NO4. The van der Waals surface area contributed by atoms with Gasteiger partial charge in [-0.2, -0.15) is 0 Å². The third-order valence-electron chi connectivity index (χ3n) is 3.41. The van der Waals surface area contributed by atoms with Crippen molar-refractivity contribution in [1.82, 2.24) is 0 Å². The van der Waals surface area contributed by atoms with Crippen molar-refractivity contribution >= 4 is 39.5 Å². The molecule has 1 aromatic heterocycles. The molecule has 1 unspecified atom stereocenters. The summed E-state index contributed by atoms with van der Waals surface area (Å²) in [6.07, 6.45) is 0. The Morgan fingerprint density at radius 2 is 1.81 bits per heavy atom. The van der Waals surface area contributed by atoms with Crippen LogP contribution in [-0.4, -0.2) is 17.0 Å². The average Bonchev–Trinajstić information content (AvgIpc) is 2.84. The highest BCUT2D eigenvalue weighted by atomic mass is 16.4. The first-order valence-electron chi connectivity index (χ1n) is 6.51. The maximum atomic E-state index is 11.8. The Bertz CT molecular complexity index is 850. The van der Waals surface area contributed by atoms with E-state index in [2.05, 4.69) is 5.32 Å². The van der Waals surface area contributed by atoms with E-state index < -0.39 is 17.8 Å². The van der Waals surface area contributed by atoms with Crippen LogP contribution in [0.15, 0.2) is 46.9 Å². The van der Waals surface area contributed by atoms with Crippen LogP contribution in [-0.2, 0) is 9.59 Å². The number of carbonyl (C=O) groups is 2. The number of furan rings is 1. The van der Waals surface area contributed by atoms with Crippen molar-refractivity contribution in [2.75, 3.05) is 5.32 Å². The molecule has 106 valence electrons. The predicted molar refractivity (Wildman–Crippen MR) is 79.1 cm³/mol. The number of hydrogen-bond donors (Lipinski definition) is 2. The van der Waals surface area contributed by atoms with Crippen LogP contribution in [0.4, 0.5) is 5.69 Å². The second-order valence-electron chi connectivity index (χ2n) is 4.86. The first kappa shape index (κ1) is 13.2. The minimum atomic E-state index is -1.15. The van der Waals surface area contributed by atoms with Crippen LogP contribution in [0, 0.1) is 5.92 Å². The van der Waals surface area contributed by atoms with Crippen LogP contribution in [0.2, 0.25) is 0 Å². The van der Waals surface area contributed by atoms with Crippen LogP contribution in [0.5, 0.6) is 0 Å². The summed E-state index contributed by atoms with van der Waals surface area (Å²) in [5, 5.41) is 13.3. The van der Waals surface area contributed by atoms with Crippen molar-refractivity contribution in [1.29, 1.82) is 0 Å². The molecule has 0 aliphatic rings. The number of nitrogens with one attached hydrogen (secondary N) is 1. The molecule has 1 heterocycles. The van der Waals surface area contributed by atoms with Crippen molar-refractivity contribution in [3.05, 3.63) is 42.5 Å². The van der Waals surface area contributed by atoms with Gasteiger partial charge in [-0.05, 0) is 31.2 Å². The van der Waals surface area contributed by atoms with Crippen molar-refractivity contribution in [3.63, 3.8) is 0 Å². The summed E-state index contributed by atoms with van der Waals surface area (Å²) in [6.45, 7) is 1.35. The van der Waals surface area contributed by atoms with E-state index in [4.69, 9.17) is 9.52 Å². The van der Waals surface area contributed by atoms with Gasteiger partial charge in [0.25, 0.3) is 0 Å². The predicted octanol–water partition coefficient (Wildman–Crippen LogP) is 3.25. The summed E-state index contributed by atoms with van der Waals surface area (Å²) < 4.78 is 5.69. The Labute approximate surface area is 120 Å². The third-order valence-corrected chi connectivity index (χ3v) is 3.41. The van der Waals surface area contributed by atoms with Crippen LogP contribution < -0.4 is 5.32 Å². The summed E-state index contributed by atoms with van der Waals surface area (Å²) in [4.78, 5) is 22.6. The number of carboxylic acids is 1. The number of carbonyl (C=O) groups excluding carboxylic acids is 1. The fourth-order valence-corrected chi connectivity index (χ4v) is 2.17. The van der Waals surface area contributed by atoms with Crippen molar-refractivity contribution < 1.29 is 19.1 Å². The van der Waals surface area contributed by atoms with Crippen LogP contribution in [0.25, 0.3) is 21.9 Å². The zero-order chi connectivity index (χ0) is 15.0. The maximum Gasteiger partial charge on any atom is 0.315 e. The molecule has 2 aromatic carbocycles. The Balaban J connectivity index is 1.99. The van der Waals surface area contributed by atoms with Crippen LogP contribution in [0.3, 0.4) is 0 Å². The largest absolute Gasteiger partial charge is 0.481 e. The van der Waals surface area contributed by atoms with Gasteiger partial charge in [0.15, 0.2) is 0 Å². The van der Waals surface area contributed by atoms with Crippen molar-refractivity contribution in [3.8, 4) is 0 Å². The van der Waals surface area contributed by atoms with Gasteiger partial charge in [-0.3, -0.25) is 9.59 Å². The molecule has 0 bridgehead atoms. The fourth-order valence-electron chi connectivity index (χ4n) is 2.17. The van der Waals surface area contributed by atoms with Crippen LogP contribution in [0.1, 0.15) is 6.92 Å². The zero-order valence-electron chi connectivity index (χ0n) is 11.3. The summed E-state index contributed by atoms with van der Waals surface area (Å²) >= 11 is 0. The van der Waals surface area contributed by atoms with Gasteiger partial charge < -0.3 is 14.8 Å². The van der Waals surface area contributed by atoms with Crippen LogP contribution >= 0.6 is 0 Å². The molecule has 1 amide bonds. The number of benzene rings is 2. The van der Waals surface area contributed by atoms with Gasteiger partial charge in [0, 0.05) is 16.5 Å². The zero-order valence-corrected chi connectivity index (χ0v) is 11.3. The number of fused-ring (bicyclic) bond motifs is 3. The average molecular weight is 283 g/mol. The van der Waals surface area contributed by atoms with Crippen molar-refractivity contribution in [2.45, 2.75) is 6.92 Å². The molecule has 2 N–H and O–H groups in total. The third kappa shape index (κ3) is 2.33. The Kier molecular flexibility index (Phi) is 3.10. The second kappa shape index (κ2) is 4.94. The number of aliphatic carboxylic acids is 1. The molecule has 0 saturated heterocycles. The highest BCUT2D eigenvalue weighted by molar-refractivity contribution is 6.08. The first-order valence-corrected chi connectivity index (χ1v) is 6.51. The number of carboxylic acid groups (broad SMARTS) is 1. The smallest absolute Gasteiger partial charge is 0.315 e. The lowest BCUT2D eigenvalue weighted by molar-refractivity contribution is -0.144. The molecule has 5 heteroatoms. The van der Waals surface area contributed by atoms with E-state index in [9.17, 15) is 9.59 Å². The number of anilines is 1. The van der Waals surface area contributed by atoms with E-state index in [1.165, 1.54) is 6.92 Å². The van der Waals surface area contributed by atoms with E-state index in [0.29, 0.717) is 5.69 Å². The molecule has 0 fully saturated rings.